The molecule has 2 aromatic heterocycles. The molecule has 106 valence electrons. The molecule has 0 bridgehead atoms. The minimum Gasteiger partial charge on any atom is -0.478 e. The van der Waals surface area contributed by atoms with Crippen molar-refractivity contribution < 1.29 is 9.90 Å². The molecule has 0 saturated heterocycles. The van der Waals surface area contributed by atoms with Crippen LogP contribution in [0.2, 0.25) is 0 Å². The smallest absolute Gasteiger partial charge is 0.336 e. The van der Waals surface area contributed by atoms with Crippen LogP contribution in [0.4, 0.5) is 0 Å². The first-order chi connectivity index (χ1) is 9.99. The fraction of sp³-hybridized carbons (Fsp3) is 0.188. The Balaban J connectivity index is 2.43. The van der Waals surface area contributed by atoms with Gasteiger partial charge in [0, 0.05) is 18.6 Å². The standard InChI is InChI=1S/C16H15N3O2/c1-9-4-5-10(2)15-14(9)11(16(20)21)8-12(18-15)13-6-7-17-19(13)3/h4-8H,1-3H3,(H,20,21). The number of rotatable bonds is 2. The number of carboxylic acids is 1. The minimum atomic E-state index is -0.945. The highest BCUT2D eigenvalue weighted by Gasteiger charge is 2.17. The Kier molecular flexibility index (Phi) is 2.97. The predicted octanol–water partition coefficient (Wildman–Crippen LogP) is 2.95. The molecule has 0 aliphatic carbocycles. The molecule has 1 aromatic carbocycles. The number of aromatic nitrogens is 3. The maximum absolute atomic E-state index is 11.6. The van der Waals surface area contributed by atoms with Crippen molar-refractivity contribution in [2.45, 2.75) is 13.8 Å². The number of fused-ring (bicyclic) bond motifs is 1. The van der Waals surface area contributed by atoms with E-state index < -0.39 is 5.97 Å². The highest BCUT2D eigenvalue weighted by molar-refractivity contribution is 6.05. The first kappa shape index (κ1) is 13.3. The van der Waals surface area contributed by atoms with Gasteiger partial charge >= 0.3 is 5.97 Å². The summed E-state index contributed by atoms with van der Waals surface area (Å²) in [5, 5.41) is 14.4. The summed E-state index contributed by atoms with van der Waals surface area (Å²) >= 11 is 0. The largest absolute Gasteiger partial charge is 0.478 e. The number of aryl methyl sites for hydroxylation is 3. The van der Waals surface area contributed by atoms with Gasteiger partial charge in [-0.2, -0.15) is 5.10 Å². The molecule has 0 saturated carbocycles. The summed E-state index contributed by atoms with van der Waals surface area (Å²) in [5.74, 6) is -0.945. The van der Waals surface area contributed by atoms with Crippen LogP contribution in [0.3, 0.4) is 0 Å². The van der Waals surface area contributed by atoms with Crippen molar-refractivity contribution in [2.24, 2.45) is 7.05 Å². The Hall–Kier alpha value is -2.69. The Morgan fingerprint density at radius 2 is 1.90 bits per heavy atom. The van der Waals surface area contributed by atoms with Crippen LogP contribution in [0.25, 0.3) is 22.3 Å². The number of aromatic carboxylic acids is 1. The van der Waals surface area contributed by atoms with E-state index in [1.165, 1.54) is 0 Å². The van der Waals surface area contributed by atoms with Crippen LogP contribution in [-0.2, 0) is 7.05 Å². The Morgan fingerprint density at radius 3 is 2.52 bits per heavy atom. The topological polar surface area (TPSA) is 68.0 Å². The van der Waals surface area contributed by atoms with Crippen LogP contribution in [0.15, 0.2) is 30.5 Å². The van der Waals surface area contributed by atoms with Crippen molar-refractivity contribution in [3.05, 3.63) is 47.2 Å². The lowest BCUT2D eigenvalue weighted by molar-refractivity contribution is 0.0699. The van der Waals surface area contributed by atoms with Gasteiger partial charge in [-0.1, -0.05) is 12.1 Å². The third-order valence-corrected chi connectivity index (χ3v) is 3.68. The number of pyridine rings is 1. The third-order valence-electron chi connectivity index (χ3n) is 3.68. The zero-order valence-electron chi connectivity index (χ0n) is 12.1. The molecule has 0 amide bonds. The summed E-state index contributed by atoms with van der Waals surface area (Å²) in [4.78, 5) is 16.3. The fourth-order valence-corrected chi connectivity index (χ4v) is 2.57. The van der Waals surface area contributed by atoms with Gasteiger partial charge in [0.05, 0.1) is 22.5 Å². The van der Waals surface area contributed by atoms with Gasteiger partial charge in [0.2, 0.25) is 0 Å². The van der Waals surface area contributed by atoms with Crippen LogP contribution in [0.5, 0.6) is 0 Å². The number of hydrogen-bond acceptors (Lipinski definition) is 3. The maximum atomic E-state index is 11.6. The fourth-order valence-electron chi connectivity index (χ4n) is 2.57. The molecule has 1 N–H and O–H groups in total. The zero-order chi connectivity index (χ0) is 15.1. The van der Waals surface area contributed by atoms with Gasteiger partial charge in [-0.15, -0.1) is 0 Å². The molecule has 0 radical (unpaired) electrons. The van der Waals surface area contributed by atoms with Crippen LogP contribution in [0, 0.1) is 13.8 Å². The van der Waals surface area contributed by atoms with E-state index in [2.05, 4.69) is 10.1 Å². The van der Waals surface area contributed by atoms with Crippen LogP contribution < -0.4 is 0 Å². The maximum Gasteiger partial charge on any atom is 0.336 e. The third kappa shape index (κ3) is 2.07. The molecule has 0 aliphatic heterocycles. The quantitative estimate of drug-likeness (QED) is 0.784. The number of carboxylic acid groups (broad SMARTS) is 1. The van der Waals surface area contributed by atoms with E-state index in [1.807, 2.05) is 39.1 Å². The number of benzene rings is 1. The lowest BCUT2D eigenvalue weighted by Crippen LogP contribution is -2.04. The average molecular weight is 281 g/mol. The van der Waals surface area contributed by atoms with E-state index in [1.54, 1.807) is 16.9 Å². The van der Waals surface area contributed by atoms with Gasteiger partial charge in [-0.25, -0.2) is 9.78 Å². The monoisotopic (exact) mass is 281 g/mol. The highest BCUT2D eigenvalue weighted by Crippen LogP contribution is 2.28. The van der Waals surface area contributed by atoms with E-state index in [0.29, 0.717) is 11.1 Å². The van der Waals surface area contributed by atoms with Crippen molar-refractivity contribution in [1.82, 2.24) is 14.8 Å². The average Bonchev–Trinajstić information content (AvgIpc) is 2.88. The Bertz CT molecular complexity index is 865. The number of carbonyl (C=O) groups is 1. The summed E-state index contributed by atoms with van der Waals surface area (Å²) in [6.07, 6.45) is 1.67. The first-order valence-corrected chi connectivity index (χ1v) is 6.61. The van der Waals surface area contributed by atoms with E-state index in [-0.39, 0.29) is 5.56 Å². The molecule has 3 aromatic rings. The van der Waals surface area contributed by atoms with Crippen LogP contribution in [-0.4, -0.2) is 25.8 Å². The summed E-state index contributed by atoms with van der Waals surface area (Å²) in [7, 11) is 1.81. The van der Waals surface area contributed by atoms with Crippen molar-refractivity contribution in [3.8, 4) is 11.4 Å². The van der Waals surface area contributed by atoms with Gasteiger partial charge in [0.1, 0.15) is 0 Å². The van der Waals surface area contributed by atoms with E-state index in [0.717, 1.165) is 22.3 Å². The molecule has 0 aliphatic rings. The molecule has 2 heterocycles. The molecule has 3 rings (SSSR count). The molecule has 0 atom stereocenters. The lowest BCUT2D eigenvalue weighted by Gasteiger charge is -2.11. The molecule has 0 fully saturated rings. The van der Waals surface area contributed by atoms with Gasteiger partial charge < -0.3 is 5.11 Å². The Labute approximate surface area is 121 Å². The Morgan fingerprint density at radius 1 is 1.19 bits per heavy atom. The first-order valence-electron chi connectivity index (χ1n) is 6.61. The second-order valence-corrected chi connectivity index (χ2v) is 5.12. The molecule has 0 unspecified atom stereocenters. The molecule has 5 heteroatoms. The van der Waals surface area contributed by atoms with Crippen molar-refractivity contribution in [3.63, 3.8) is 0 Å². The highest BCUT2D eigenvalue weighted by atomic mass is 16.4. The normalized spacial score (nSPS) is 11.0. The van der Waals surface area contributed by atoms with Gasteiger partial charge in [-0.05, 0) is 37.1 Å². The van der Waals surface area contributed by atoms with Crippen LogP contribution in [0.1, 0.15) is 21.5 Å². The predicted molar refractivity (Wildman–Crippen MR) is 80.4 cm³/mol. The van der Waals surface area contributed by atoms with Crippen molar-refractivity contribution in [1.29, 1.82) is 0 Å². The second kappa shape index (κ2) is 4.70. The molecule has 21 heavy (non-hydrogen) atoms. The number of hydrogen-bond donors (Lipinski definition) is 1. The van der Waals surface area contributed by atoms with E-state index in [4.69, 9.17) is 0 Å². The number of nitrogens with zero attached hydrogens (tertiary/aromatic N) is 3. The molecule has 0 spiro atoms. The molecular weight excluding hydrogens is 266 g/mol. The van der Waals surface area contributed by atoms with Gasteiger partial charge in [-0.3, -0.25) is 4.68 Å². The summed E-state index contributed by atoms with van der Waals surface area (Å²) in [6.45, 7) is 3.84. The van der Waals surface area contributed by atoms with Gasteiger partial charge in [0.15, 0.2) is 0 Å². The van der Waals surface area contributed by atoms with E-state index in [9.17, 15) is 9.90 Å². The minimum absolute atomic E-state index is 0.275. The van der Waals surface area contributed by atoms with Crippen LogP contribution >= 0.6 is 0 Å². The molecular formula is C16H15N3O2. The van der Waals surface area contributed by atoms with Gasteiger partial charge in [0.25, 0.3) is 0 Å². The van der Waals surface area contributed by atoms with Crippen molar-refractivity contribution in [2.75, 3.05) is 0 Å². The molecule has 5 nitrogen and oxygen atoms in total. The van der Waals surface area contributed by atoms with Crippen molar-refractivity contribution >= 4 is 16.9 Å². The second-order valence-electron chi connectivity index (χ2n) is 5.12. The zero-order valence-corrected chi connectivity index (χ0v) is 12.1. The summed E-state index contributed by atoms with van der Waals surface area (Å²) < 4.78 is 1.69. The summed E-state index contributed by atoms with van der Waals surface area (Å²) in [6, 6.07) is 7.33. The van der Waals surface area contributed by atoms with E-state index >= 15 is 0 Å². The lowest BCUT2D eigenvalue weighted by atomic mass is 9.99. The summed E-state index contributed by atoms with van der Waals surface area (Å²) in [5.41, 5.74) is 4.29. The SMILES string of the molecule is Cc1ccc(C)c2c(C(=O)O)cc(-c3ccnn3C)nc12.